The van der Waals surface area contributed by atoms with Gasteiger partial charge >= 0.3 is 6.61 Å². The highest BCUT2D eigenvalue weighted by Gasteiger charge is 2.24. The lowest BCUT2D eigenvalue weighted by atomic mass is 10.2. The molecule has 31 heavy (non-hydrogen) atoms. The van der Waals surface area contributed by atoms with Gasteiger partial charge < -0.3 is 24.8 Å². The summed E-state index contributed by atoms with van der Waals surface area (Å²) in [6.07, 6.45) is 3.13. The number of aliphatic imine (C=N–C) groups is 1. The van der Waals surface area contributed by atoms with Gasteiger partial charge in [0.25, 0.3) is 0 Å². The molecule has 0 saturated carbocycles. The third-order valence-corrected chi connectivity index (χ3v) is 4.98. The maximum Gasteiger partial charge on any atom is 0.387 e. The maximum atomic E-state index is 12.8. The molecule has 0 aromatic heterocycles. The van der Waals surface area contributed by atoms with Gasteiger partial charge in [0.15, 0.2) is 5.96 Å². The number of ether oxygens (including phenoxy) is 3. The van der Waals surface area contributed by atoms with Crippen LogP contribution in [0.3, 0.4) is 0 Å². The first-order chi connectivity index (χ1) is 14.6. The minimum atomic E-state index is -2.90. The Kier molecular flexibility index (Phi) is 13.7. The first-order valence-electron chi connectivity index (χ1n) is 10.4. The van der Waals surface area contributed by atoms with Crippen molar-refractivity contribution in [2.75, 3.05) is 47.0 Å². The normalized spacial score (nSPS) is 16.8. The fourth-order valence-corrected chi connectivity index (χ4v) is 3.44. The number of hydrogen-bond donors (Lipinski definition) is 2. The van der Waals surface area contributed by atoms with Crippen molar-refractivity contribution >= 4 is 29.9 Å². The summed E-state index contributed by atoms with van der Waals surface area (Å²) in [7, 11) is 3.40. The number of alkyl halides is 2. The topological polar surface area (TPSA) is 67.4 Å². The molecule has 2 rings (SSSR count). The molecule has 0 aliphatic carbocycles. The molecule has 0 bridgehead atoms. The van der Waals surface area contributed by atoms with Crippen LogP contribution in [0.15, 0.2) is 23.2 Å². The molecule has 0 radical (unpaired) electrons. The van der Waals surface area contributed by atoms with Crippen LogP contribution >= 0.6 is 24.0 Å². The molecule has 1 aromatic carbocycles. The zero-order chi connectivity index (χ0) is 21.8. The van der Waals surface area contributed by atoms with Gasteiger partial charge in [-0.05, 0) is 37.9 Å². The number of halogens is 3. The van der Waals surface area contributed by atoms with Crippen molar-refractivity contribution < 1.29 is 23.0 Å². The Morgan fingerprint density at radius 3 is 2.77 bits per heavy atom. The minimum absolute atomic E-state index is 0. The van der Waals surface area contributed by atoms with Gasteiger partial charge in [0, 0.05) is 51.5 Å². The van der Waals surface area contributed by atoms with Crippen molar-refractivity contribution in [3.63, 3.8) is 0 Å². The van der Waals surface area contributed by atoms with Crippen molar-refractivity contribution in [3.8, 4) is 11.5 Å². The van der Waals surface area contributed by atoms with Gasteiger partial charge in [0.05, 0.1) is 13.2 Å². The second-order valence-corrected chi connectivity index (χ2v) is 7.13. The van der Waals surface area contributed by atoms with E-state index in [-0.39, 0.29) is 29.7 Å². The monoisotopic (exact) mass is 556 g/mol. The van der Waals surface area contributed by atoms with Crippen LogP contribution in [0.1, 0.15) is 31.7 Å². The molecule has 0 spiro atoms. The summed E-state index contributed by atoms with van der Waals surface area (Å²) in [5, 5.41) is 6.50. The smallest absolute Gasteiger partial charge is 0.387 e. The number of rotatable bonds is 12. The number of nitrogens with zero attached hydrogens (tertiary/aromatic N) is 2. The molecular formula is C21H35F2IN4O3. The van der Waals surface area contributed by atoms with E-state index >= 15 is 0 Å². The molecule has 2 N–H and O–H groups in total. The molecule has 1 unspecified atom stereocenters. The van der Waals surface area contributed by atoms with Gasteiger partial charge in [-0.2, -0.15) is 8.78 Å². The zero-order valence-corrected chi connectivity index (χ0v) is 20.9. The van der Waals surface area contributed by atoms with E-state index in [2.05, 4.69) is 20.5 Å². The number of nitrogens with one attached hydrogen (secondary N) is 2. The maximum absolute atomic E-state index is 12.8. The second kappa shape index (κ2) is 15.4. The van der Waals surface area contributed by atoms with Crippen LogP contribution in [0.2, 0.25) is 0 Å². The molecule has 0 amide bonds. The summed E-state index contributed by atoms with van der Waals surface area (Å²) in [6, 6.07) is 5.41. The molecular weight excluding hydrogens is 521 g/mol. The van der Waals surface area contributed by atoms with E-state index in [1.54, 1.807) is 26.3 Å². The first kappa shape index (κ1) is 27.6. The molecule has 1 fully saturated rings. The lowest BCUT2D eigenvalue weighted by Crippen LogP contribution is -2.45. The van der Waals surface area contributed by atoms with Gasteiger partial charge in [0.1, 0.15) is 11.5 Å². The Morgan fingerprint density at radius 2 is 2.10 bits per heavy atom. The van der Waals surface area contributed by atoms with Crippen LogP contribution in [0, 0.1) is 0 Å². The van der Waals surface area contributed by atoms with Crippen LogP contribution in [-0.4, -0.2) is 70.5 Å². The van der Waals surface area contributed by atoms with Gasteiger partial charge in [-0.15, -0.1) is 24.0 Å². The lowest BCUT2D eigenvalue weighted by Gasteiger charge is -2.25. The quantitative estimate of drug-likeness (QED) is 0.234. The molecule has 7 nitrogen and oxygen atoms in total. The fourth-order valence-electron chi connectivity index (χ4n) is 3.44. The van der Waals surface area contributed by atoms with Crippen LogP contribution in [0.5, 0.6) is 11.5 Å². The Morgan fingerprint density at radius 1 is 1.29 bits per heavy atom. The largest absolute Gasteiger partial charge is 0.493 e. The molecule has 1 heterocycles. The average Bonchev–Trinajstić information content (AvgIpc) is 3.18. The van der Waals surface area contributed by atoms with Gasteiger partial charge in [-0.25, -0.2) is 0 Å². The summed E-state index contributed by atoms with van der Waals surface area (Å²) in [5.41, 5.74) is 0.602. The summed E-state index contributed by atoms with van der Waals surface area (Å²) in [4.78, 5) is 6.65. The Labute approximate surface area is 200 Å². The van der Waals surface area contributed by atoms with E-state index < -0.39 is 6.61 Å². The number of guanidine groups is 1. The van der Waals surface area contributed by atoms with Gasteiger partial charge in [-0.3, -0.25) is 9.89 Å². The van der Waals surface area contributed by atoms with E-state index in [9.17, 15) is 8.78 Å². The molecule has 10 heteroatoms. The van der Waals surface area contributed by atoms with E-state index in [0.717, 1.165) is 32.5 Å². The third-order valence-electron chi connectivity index (χ3n) is 4.98. The highest BCUT2D eigenvalue weighted by Crippen LogP contribution is 2.26. The van der Waals surface area contributed by atoms with Crippen molar-refractivity contribution in [2.24, 2.45) is 4.99 Å². The van der Waals surface area contributed by atoms with Crippen molar-refractivity contribution in [3.05, 3.63) is 23.8 Å². The van der Waals surface area contributed by atoms with Crippen molar-refractivity contribution in [2.45, 2.75) is 45.4 Å². The fraction of sp³-hybridized carbons (Fsp3) is 0.667. The Bertz CT molecular complexity index is 668. The molecule has 1 aromatic rings. The van der Waals surface area contributed by atoms with Crippen molar-refractivity contribution in [1.29, 1.82) is 0 Å². The molecule has 1 aliphatic heterocycles. The Hall–Kier alpha value is -1.40. The molecule has 1 atom stereocenters. The summed E-state index contributed by atoms with van der Waals surface area (Å²) >= 11 is 0. The number of likely N-dealkylation sites (tertiary alicyclic amines) is 1. The van der Waals surface area contributed by atoms with Gasteiger partial charge in [0.2, 0.25) is 0 Å². The number of benzene rings is 1. The number of hydrogen-bond acceptors (Lipinski definition) is 5. The summed E-state index contributed by atoms with van der Waals surface area (Å²) in [6.45, 7) is 3.36. The standard InChI is InChI=1S/C21H34F2N4O3.HI/c1-4-11-29-18-8-7-16(19(13-18)30-20(22)23)14-25-21(24-2)26-15-17-6-5-9-27(17)10-12-28-3;/h7-8,13,17,20H,4-6,9-12,14-15H2,1-3H3,(H2,24,25,26);1H. The van der Waals surface area contributed by atoms with E-state index in [1.807, 2.05) is 6.92 Å². The van der Waals surface area contributed by atoms with Gasteiger partial charge in [-0.1, -0.05) is 6.92 Å². The Balaban J connectivity index is 0.00000480. The third kappa shape index (κ3) is 9.73. The summed E-state index contributed by atoms with van der Waals surface area (Å²) < 4.78 is 41.1. The summed E-state index contributed by atoms with van der Waals surface area (Å²) in [5.74, 6) is 1.22. The van der Waals surface area contributed by atoms with Crippen LogP contribution in [0.25, 0.3) is 0 Å². The highest BCUT2D eigenvalue weighted by molar-refractivity contribution is 14.0. The zero-order valence-electron chi connectivity index (χ0n) is 18.5. The molecule has 178 valence electrons. The van der Waals surface area contributed by atoms with E-state index in [0.29, 0.717) is 43.1 Å². The SMILES string of the molecule is CCCOc1ccc(CNC(=NC)NCC2CCCN2CCOC)c(OC(F)F)c1.I. The number of methoxy groups -OCH3 is 1. The predicted molar refractivity (Wildman–Crippen MR) is 129 cm³/mol. The van der Waals surface area contributed by atoms with Crippen LogP contribution in [0.4, 0.5) is 8.78 Å². The van der Waals surface area contributed by atoms with Crippen molar-refractivity contribution in [1.82, 2.24) is 15.5 Å². The predicted octanol–water partition coefficient (Wildman–Crippen LogP) is 3.47. The highest BCUT2D eigenvalue weighted by atomic mass is 127. The minimum Gasteiger partial charge on any atom is -0.493 e. The molecule has 1 saturated heterocycles. The lowest BCUT2D eigenvalue weighted by molar-refractivity contribution is -0.0505. The average molecular weight is 556 g/mol. The first-order valence-corrected chi connectivity index (χ1v) is 10.4. The van der Waals surface area contributed by atoms with Crippen LogP contribution in [-0.2, 0) is 11.3 Å². The van der Waals surface area contributed by atoms with Crippen LogP contribution < -0.4 is 20.1 Å². The van der Waals surface area contributed by atoms with E-state index in [4.69, 9.17) is 14.2 Å². The second-order valence-electron chi connectivity index (χ2n) is 7.13. The van der Waals surface area contributed by atoms with E-state index in [1.165, 1.54) is 12.5 Å². The molecule has 1 aliphatic rings.